The lowest BCUT2D eigenvalue weighted by molar-refractivity contribution is -0.193. The smallest absolute Gasteiger partial charge is 0.329 e. The zero-order valence-electron chi connectivity index (χ0n) is 10.8. The van der Waals surface area contributed by atoms with Crippen LogP contribution < -0.4 is 5.32 Å². The molecule has 3 fully saturated rings. The van der Waals surface area contributed by atoms with Crippen molar-refractivity contribution in [2.75, 3.05) is 13.1 Å². The zero-order chi connectivity index (χ0) is 13.7. The van der Waals surface area contributed by atoms with Gasteiger partial charge in [-0.2, -0.15) is 13.2 Å². The maximum atomic E-state index is 12.6. The second kappa shape index (κ2) is 4.36. The van der Waals surface area contributed by atoms with Crippen LogP contribution in [0.1, 0.15) is 38.5 Å². The van der Waals surface area contributed by atoms with Gasteiger partial charge in [-0.15, -0.1) is 0 Å². The Balaban J connectivity index is 1.65. The van der Waals surface area contributed by atoms with Crippen LogP contribution in [-0.4, -0.2) is 42.2 Å². The van der Waals surface area contributed by atoms with Gasteiger partial charge in [0.25, 0.3) is 0 Å². The van der Waals surface area contributed by atoms with Gasteiger partial charge < -0.3 is 10.2 Å². The normalized spacial score (nSPS) is 27.1. The third kappa shape index (κ3) is 2.47. The molecule has 0 aromatic heterocycles. The molecular weight excluding hydrogens is 257 g/mol. The Hall–Kier alpha value is -0.780. The van der Waals surface area contributed by atoms with E-state index in [9.17, 15) is 18.0 Å². The predicted octanol–water partition coefficient (Wildman–Crippen LogP) is 2.07. The summed E-state index contributed by atoms with van der Waals surface area (Å²) in [6, 6.07) is -0.335. The number of rotatable bonds is 2. The van der Waals surface area contributed by atoms with Crippen molar-refractivity contribution < 1.29 is 18.0 Å². The highest BCUT2D eigenvalue weighted by Gasteiger charge is 2.55. The third-order valence-electron chi connectivity index (χ3n) is 4.81. The molecule has 0 aromatic carbocycles. The first kappa shape index (κ1) is 13.2. The van der Waals surface area contributed by atoms with Crippen LogP contribution in [0.4, 0.5) is 13.2 Å². The first-order chi connectivity index (χ1) is 8.91. The predicted molar refractivity (Wildman–Crippen MR) is 63.5 cm³/mol. The maximum absolute atomic E-state index is 12.6. The third-order valence-corrected chi connectivity index (χ3v) is 4.81. The highest BCUT2D eigenvalue weighted by Crippen LogP contribution is 2.52. The summed E-state index contributed by atoms with van der Waals surface area (Å²) in [6.07, 6.45) is 0.309. The van der Waals surface area contributed by atoms with Crippen molar-refractivity contribution in [3.8, 4) is 0 Å². The molecule has 6 heteroatoms. The molecule has 0 bridgehead atoms. The van der Waals surface area contributed by atoms with E-state index in [1.54, 1.807) is 0 Å². The summed E-state index contributed by atoms with van der Waals surface area (Å²) >= 11 is 0. The van der Waals surface area contributed by atoms with E-state index in [-0.39, 0.29) is 17.5 Å². The lowest BCUT2D eigenvalue weighted by Crippen LogP contribution is -2.58. The molecule has 2 aliphatic carbocycles. The van der Waals surface area contributed by atoms with Crippen molar-refractivity contribution in [1.82, 2.24) is 10.2 Å². The summed E-state index contributed by atoms with van der Waals surface area (Å²) in [6.45, 7) is 1.90. The van der Waals surface area contributed by atoms with Gasteiger partial charge in [-0.1, -0.05) is 0 Å². The summed E-state index contributed by atoms with van der Waals surface area (Å²) in [4.78, 5) is 12.7. The summed E-state index contributed by atoms with van der Waals surface area (Å²) in [7, 11) is 0. The summed E-state index contributed by atoms with van der Waals surface area (Å²) in [5.41, 5.74) is 0.203. The molecule has 1 amide bonds. The van der Waals surface area contributed by atoms with Crippen LogP contribution >= 0.6 is 0 Å². The number of amides is 1. The molecule has 19 heavy (non-hydrogen) atoms. The minimum atomic E-state index is -4.72. The van der Waals surface area contributed by atoms with Crippen LogP contribution in [0.25, 0.3) is 0 Å². The van der Waals surface area contributed by atoms with Gasteiger partial charge in [-0.25, -0.2) is 0 Å². The Morgan fingerprint density at radius 3 is 2.16 bits per heavy atom. The van der Waals surface area contributed by atoms with E-state index in [0.29, 0.717) is 0 Å². The average molecular weight is 276 g/mol. The SMILES string of the molecule is O=C(N(C1CC1)C1CC2(CCNCC2)C1)C(F)(F)F. The molecular formula is C13H19F3N2O. The van der Waals surface area contributed by atoms with Crippen LogP contribution in [0.15, 0.2) is 0 Å². The Morgan fingerprint density at radius 2 is 1.68 bits per heavy atom. The fraction of sp³-hybridized carbons (Fsp3) is 0.923. The molecule has 0 unspecified atom stereocenters. The van der Waals surface area contributed by atoms with Crippen LogP contribution in [0.5, 0.6) is 0 Å². The molecule has 1 spiro atoms. The number of alkyl halides is 3. The number of hydrogen-bond acceptors (Lipinski definition) is 2. The lowest BCUT2D eigenvalue weighted by atomic mass is 9.60. The quantitative estimate of drug-likeness (QED) is 0.837. The minimum absolute atomic E-state index is 0.154. The molecule has 0 atom stereocenters. The topological polar surface area (TPSA) is 32.3 Å². The fourth-order valence-corrected chi connectivity index (χ4v) is 3.63. The number of nitrogens with zero attached hydrogens (tertiary/aromatic N) is 1. The second-order valence-electron chi connectivity index (χ2n) is 6.25. The van der Waals surface area contributed by atoms with E-state index < -0.39 is 12.1 Å². The van der Waals surface area contributed by atoms with Crippen molar-refractivity contribution in [3.63, 3.8) is 0 Å². The zero-order valence-corrected chi connectivity index (χ0v) is 10.8. The molecule has 0 radical (unpaired) electrons. The summed E-state index contributed by atoms with van der Waals surface area (Å²) < 4.78 is 37.9. The minimum Gasteiger partial charge on any atom is -0.329 e. The van der Waals surface area contributed by atoms with Gasteiger partial charge in [-0.05, 0) is 57.0 Å². The van der Waals surface area contributed by atoms with Crippen LogP contribution in [0.2, 0.25) is 0 Å². The highest BCUT2D eigenvalue weighted by molar-refractivity contribution is 5.83. The molecule has 1 heterocycles. The lowest BCUT2D eigenvalue weighted by Gasteiger charge is -2.54. The van der Waals surface area contributed by atoms with E-state index in [1.807, 2.05) is 0 Å². The number of carbonyl (C=O) groups is 1. The molecule has 2 saturated carbocycles. The van der Waals surface area contributed by atoms with Crippen molar-refractivity contribution in [2.45, 2.75) is 56.8 Å². The Kier molecular flexibility index (Phi) is 3.04. The van der Waals surface area contributed by atoms with Crippen LogP contribution in [0.3, 0.4) is 0 Å². The van der Waals surface area contributed by atoms with E-state index in [2.05, 4.69) is 5.32 Å². The molecule has 3 rings (SSSR count). The summed E-state index contributed by atoms with van der Waals surface area (Å²) in [5, 5.41) is 3.27. The van der Waals surface area contributed by atoms with Gasteiger partial charge in [-0.3, -0.25) is 4.79 Å². The van der Waals surface area contributed by atoms with Gasteiger partial charge >= 0.3 is 12.1 Å². The number of nitrogens with one attached hydrogen (secondary N) is 1. The van der Waals surface area contributed by atoms with Gasteiger partial charge in [0, 0.05) is 12.1 Å². The van der Waals surface area contributed by atoms with Crippen molar-refractivity contribution in [3.05, 3.63) is 0 Å². The first-order valence-electron chi connectivity index (χ1n) is 7.02. The average Bonchev–Trinajstić information content (AvgIpc) is 3.11. The van der Waals surface area contributed by atoms with Crippen LogP contribution in [-0.2, 0) is 4.79 Å². The van der Waals surface area contributed by atoms with E-state index >= 15 is 0 Å². The largest absolute Gasteiger partial charge is 0.471 e. The molecule has 1 N–H and O–H groups in total. The number of halogens is 3. The van der Waals surface area contributed by atoms with Crippen LogP contribution in [0, 0.1) is 5.41 Å². The standard InChI is InChI=1S/C13H19F3N2O/c14-13(15,16)11(19)18(9-1-2-9)10-7-12(8-10)3-5-17-6-4-12/h9-10,17H,1-8H2. The second-order valence-corrected chi connectivity index (χ2v) is 6.25. The van der Waals surface area contributed by atoms with E-state index in [4.69, 9.17) is 0 Å². The number of hydrogen-bond donors (Lipinski definition) is 1. The van der Waals surface area contributed by atoms with E-state index in [1.165, 1.54) is 0 Å². The number of piperidine rings is 1. The van der Waals surface area contributed by atoms with Crippen molar-refractivity contribution in [2.24, 2.45) is 5.41 Å². The fourth-order valence-electron chi connectivity index (χ4n) is 3.63. The molecule has 3 nitrogen and oxygen atoms in total. The van der Waals surface area contributed by atoms with Crippen molar-refractivity contribution in [1.29, 1.82) is 0 Å². The maximum Gasteiger partial charge on any atom is 0.471 e. The van der Waals surface area contributed by atoms with Gasteiger partial charge in [0.2, 0.25) is 0 Å². The van der Waals surface area contributed by atoms with Gasteiger partial charge in [0.1, 0.15) is 0 Å². The Morgan fingerprint density at radius 1 is 1.11 bits per heavy atom. The molecule has 3 aliphatic rings. The highest BCUT2D eigenvalue weighted by atomic mass is 19.4. The van der Waals surface area contributed by atoms with Gasteiger partial charge in [0.05, 0.1) is 0 Å². The Bertz CT molecular complexity index is 365. The van der Waals surface area contributed by atoms with Gasteiger partial charge in [0.15, 0.2) is 0 Å². The Labute approximate surface area is 110 Å². The molecule has 1 saturated heterocycles. The van der Waals surface area contributed by atoms with Crippen molar-refractivity contribution >= 4 is 5.91 Å². The molecule has 1 aliphatic heterocycles. The monoisotopic (exact) mass is 276 g/mol. The first-order valence-corrected chi connectivity index (χ1v) is 7.02. The molecule has 0 aromatic rings. The molecule has 108 valence electrons. The number of carbonyl (C=O) groups excluding carboxylic acids is 1. The summed E-state index contributed by atoms with van der Waals surface area (Å²) in [5.74, 6) is -1.62. The van der Waals surface area contributed by atoms with E-state index in [0.717, 1.165) is 56.5 Å².